The van der Waals surface area contributed by atoms with Gasteiger partial charge in [-0.3, -0.25) is 9.69 Å². The zero-order valence-electron chi connectivity index (χ0n) is 22.5. The standard InChI is InChI=1S/C30H36N2O6/c1-30(2,3)38-29(35)32-14-13-23(21-9-6-5-7-10-21)27(32)26(33)18-20-11-12-24-22(17-20)19-25(31-24)28(34)37-16-8-15-36-4/h5-7,9-12,17,19,23,27,31H,8,13-16,18H2,1-4H3/t23-,27-/m0/s1. The van der Waals surface area contributed by atoms with Crippen LogP contribution in [-0.2, 0) is 25.4 Å². The summed E-state index contributed by atoms with van der Waals surface area (Å²) in [4.78, 5) is 43.9. The first kappa shape index (κ1) is 27.4. The monoisotopic (exact) mass is 520 g/mol. The molecule has 0 aliphatic carbocycles. The van der Waals surface area contributed by atoms with E-state index in [-0.39, 0.29) is 24.7 Å². The number of fused-ring (bicyclic) bond motifs is 1. The Morgan fingerprint density at radius 3 is 2.50 bits per heavy atom. The van der Waals surface area contributed by atoms with E-state index in [2.05, 4.69) is 4.98 Å². The molecule has 0 saturated carbocycles. The van der Waals surface area contributed by atoms with Crippen molar-refractivity contribution in [2.24, 2.45) is 0 Å². The molecule has 3 aromatic rings. The van der Waals surface area contributed by atoms with Crippen LogP contribution in [0.15, 0.2) is 54.6 Å². The number of rotatable bonds is 9. The average Bonchev–Trinajstić information content (AvgIpc) is 3.51. The lowest BCUT2D eigenvalue weighted by Gasteiger charge is -2.30. The molecular weight excluding hydrogens is 484 g/mol. The van der Waals surface area contributed by atoms with Gasteiger partial charge in [0.05, 0.1) is 6.61 Å². The second-order valence-corrected chi connectivity index (χ2v) is 10.7. The molecular formula is C30H36N2O6. The van der Waals surface area contributed by atoms with Crippen molar-refractivity contribution in [2.75, 3.05) is 26.9 Å². The number of hydrogen-bond acceptors (Lipinski definition) is 6. The van der Waals surface area contributed by atoms with E-state index in [1.54, 1.807) is 18.1 Å². The van der Waals surface area contributed by atoms with E-state index < -0.39 is 23.7 Å². The maximum atomic E-state index is 13.8. The molecule has 0 unspecified atom stereocenters. The van der Waals surface area contributed by atoms with Crippen LogP contribution in [-0.4, -0.2) is 66.2 Å². The number of ether oxygens (including phenoxy) is 3. The third-order valence-corrected chi connectivity index (χ3v) is 6.59. The minimum absolute atomic E-state index is 0.0464. The largest absolute Gasteiger partial charge is 0.461 e. The van der Waals surface area contributed by atoms with Crippen molar-refractivity contribution >= 4 is 28.7 Å². The summed E-state index contributed by atoms with van der Waals surface area (Å²) in [5, 5.41) is 0.814. The number of H-pyrrole nitrogens is 1. The summed E-state index contributed by atoms with van der Waals surface area (Å²) in [5.74, 6) is -0.582. The van der Waals surface area contributed by atoms with Gasteiger partial charge in [-0.2, -0.15) is 0 Å². The van der Waals surface area contributed by atoms with E-state index in [0.29, 0.717) is 31.7 Å². The fraction of sp³-hybridized carbons (Fsp3) is 0.433. The van der Waals surface area contributed by atoms with Gasteiger partial charge in [-0.1, -0.05) is 36.4 Å². The summed E-state index contributed by atoms with van der Waals surface area (Å²) in [7, 11) is 1.60. The molecule has 4 rings (SSSR count). The van der Waals surface area contributed by atoms with E-state index in [1.807, 2.05) is 69.3 Å². The fourth-order valence-corrected chi connectivity index (χ4v) is 4.92. The van der Waals surface area contributed by atoms with Crippen LogP contribution >= 0.6 is 0 Å². The number of carbonyl (C=O) groups is 3. The molecule has 1 aliphatic rings. The van der Waals surface area contributed by atoms with Gasteiger partial charge in [-0.15, -0.1) is 0 Å². The topological polar surface area (TPSA) is 97.9 Å². The molecule has 0 radical (unpaired) electrons. The van der Waals surface area contributed by atoms with E-state index >= 15 is 0 Å². The Morgan fingerprint density at radius 1 is 1.03 bits per heavy atom. The molecule has 38 heavy (non-hydrogen) atoms. The zero-order chi connectivity index (χ0) is 27.3. The van der Waals surface area contributed by atoms with Crippen molar-refractivity contribution < 1.29 is 28.6 Å². The molecule has 1 aromatic heterocycles. The lowest BCUT2D eigenvalue weighted by molar-refractivity contribution is -0.123. The Balaban J connectivity index is 1.53. The normalized spacial score (nSPS) is 17.5. The van der Waals surface area contributed by atoms with Crippen molar-refractivity contribution in [1.82, 2.24) is 9.88 Å². The Morgan fingerprint density at radius 2 is 1.79 bits per heavy atom. The van der Waals surface area contributed by atoms with E-state index in [1.165, 1.54) is 0 Å². The van der Waals surface area contributed by atoms with Crippen LogP contribution in [0.25, 0.3) is 10.9 Å². The van der Waals surface area contributed by atoms with Gasteiger partial charge in [0.15, 0.2) is 5.78 Å². The maximum Gasteiger partial charge on any atom is 0.410 e. The third-order valence-electron chi connectivity index (χ3n) is 6.59. The van der Waals surface area contributed by atoms with Crippen molar-refractivity contribution in [3.8, 4) is 0 Å². The summed E-state index contributed by atoms with van der Waals surface area (Å²) in [5.41, 5.74) is 2.33. The van der Waals surface area contributed by atoms with Gasteiger partial charge in [-0.05, 0) is 56.5 Å². The number of benzene rings is 2. The lowest BCUT2D eigenvalue weighted by atomic mass is 9.87. The van der Waals surface area contributed by atoms with Gasteiger partial charge in [-0.25, -0.2) is 9.59 Å². The minimum atomic E-state index is -0.655. The third kappa shape index (κ3) is 6.61. The number of methoxy groups -OCH3 is 1. The molecule has 8 nitrogen and oxygen atoms in total. The van der Waals surface area contributed by atoms with Crippen LogP contribution < -0.4 is 0 Å². The molecule has 1 aliphatic heterocycles. The maximum absolute atomic E-state index is 13.8. The number of nitrogens with zero attached hydrogens (tertiary/aromatic N) is 1. The highest BCUT2D eigenvalue weighted by Gasteiger charge is 2.43. The van der Waals surface area contributed by atoms with Gasteiger partial charge >= 0.3 is 12.1 Å². The van der Waals surface area contributed by atoms with Crippen LogP contribution in [0.1, 0.15) is 61.1 Å². The molecule has 2 aromatic carbocycles. The molecule has 0 spiro atoms. The summed E-state index contributed by atoms with van der Waals surface area (Å²) in [6.45, 7) is 6.72. The number of likely N-dealkylation sites (tertiary alicyclic amines) is 1. The van der Waals surface area contributed by atoms with Crippen LogP contribution in [0.5, 0.6) is 0 Å². The molecule has 1 N–H and O–H groups in total. The average molecular weight is 521 g/mol. The predicted octanol–water partition coefficient (Wildman–Crippen LogP) is 5.27. The van der Waals surface area contributed by atoms with Crippen molar-refractivity contribution in [3.05, 3.63) is 71.4 Å². The number of Topliss-reactive ketones (excluding diaryl/α,β-unsaturated/α-hetero) is 1. The molecule has 202 valence electrons. The van der Waals surface area contributed by atoms with Crippen molar-refractivity contribution in [1.29, 1.82) is 0 Å². The quantitative estimate of drug-likeness (QED) is 0.305. The SMILES string of the molecule is COCCCOC(=O)c1cc2cc(CC(=O)[C@@H]3[C@H](c4ccccc4)CCN3C(=O)OC(C)(C)C)ccc2[nH]1. The van der Waals surface area contributed by atoms with Gasteiger partial charge in [0.1, 0.15) is 17.3 Å². The van der Waals surface area contributed by atoms with E-state index in [4.69, 9.17) is 14.2 Å². The number of amides is 1. The zero-order valence-corrected chi connectivity index (χ0v) is 22.5. The Hall–Kier alpha value is -3.65. The highest BCUT2D eigenvalue weighted by molar-refractivity contribution is 5.96. The molecule has 1 fully saturated rings. The van der Waals surface area contributed by atoms with E-state index in [9.17, 15) is 14.4 Å². The molecule has 1 amide bonds. The van der Waals surface area contributed by atoms with Gasteiger partial charge < -0.3 is 19.2 Å². The van der Waals surface area contributed by atoms with Gasteiger partial charge in [0, 0.05) is 49.9 Å². The van der Waals surface area contributed by atoms with Crippen LogP contribution in [0.2, 0.25) is 0 Å². The first-order chi connectivity index (χ1) is 18.2. The Bertz CT molecular complexity index is 1280. The van der Waals surface area contributed by atoms with Crippen molar-refractivity contribution in [2.45, 2.75) is 57.6 Å². The highest BCUT2D eigenvalue weighted by atomic mass is 16.6. The number of carbonyl (C=O) groups excluding carboxylic acids is 3. The first-order valence-electron chi connectivity index (χ1n) is 13.0. The summed E-state index contributed by atoms with van der Waals surface area (Å²) >= 11 is 0. The predicted molar refractivity (Wildman–Crippen MR) is 144 cm³/mol. The number of aromatic amines is 1. The first-order valence-corrected chi connectivity index (χ1v) is 13.0. The Labute approximate surface area is 223 Å². The van der Waals surface area contributed by atoms with Crippen LogP contribution in [0.3, 0.4) is 0 Å². The lowest BCUT2D eigenvalue weighted by Crippen LogP contribution is -2.45. The summed E-state index contributed by atoms with van der Waals surface area (Å²) in [6, 6.07) is 16.6. The molecule has 8 heteroatoms. The van der Waals surface area contributed by atoms with Crippen LogP contribution in [0, 0.1) is 0 Å². The van der Waals surface area contributed by atoms with E-state index in [0.717, 1.165) is 22.0 Å². The molecule has 2 heterocycles. The minimum Gasteiger partial charge on any atom is -0.461 e. The second kappa shape index (κ2) is 11.8. The summed E-state index contributed by atoms with van der Waals surface area (Å²) in [6.07, 6.45) is 1.00. The number of esters is 1. The number of hydrogen-bond donors (Lipinski definition) is 1. The molecule has 2 atom stereocenters. The molecule has 0 bridgehead atoms. The number of nitrogens with one attached hydrogen (secondary N) is 1. The molecule has 1 saturated heterocycles. The number of ketones is 1. The second-order valence-electron chi connectivity index (χ2n) is 10.7. The fourth-order valence-electron chi connectivity index (χ4n) is 4.92. The summed E-state index contributed by atoms with van der Waals surface area (Å²) < 4.78 is 15.9. The Kier molecular flexibility index (Phi) is 8.52. The van der Waals surface area contributed by atoms with Gasteiger partial charge in [0.25, 0.3) is 0 Å². The van der Waals surface area contributed by atoms with Crippen molar-refractivity contribution in [3.63, 3.8) is 0 Å². The van der Waals surface area contributed by atoms with Gasteiger partial charge in [0.2, 0.25) is 0 Å². The van der Waals surface area contributed by atoms with Crippen LogP contribution in [0.4, 0.5) is 4.79 Å². The highest BCUT2D eigenvalue weighted by Crippen LogP contribution is 2.36. The number of aromatic nitrogens is 1. The smallest absolute Gasteiger partial charge is 0.410 e.